The Morgan fingerprint density at radius 3 is 2.42 bits per heavy atom. The van der Waals surface area contributed by atoms with Gasteiger partial charge in [0, 0.05) is 6.04 Å². The topological polar surface area (TPSA) is 32.3 Å². The molecule has 106 valence electrons. The highest BCUT2D eigenvalue weighted by molar-refractivity contribution is 5.28. The molecule has 2 rings (SSSR count). The van der Waals surface area contributed by atoms with Crippen LogP contribution in [0.3, 0.4) is 0 Å². The van der Waals surface area contributed by atoms with Crippen molar-refractivity contribution in [3.63, 3.8) is 0 Å². The average Bonchev–Trinajstić information content (AvgIpc) is 2.39. The summed E-state index contributed by atoms with van der Waals surface area (Å²) in [5.41, 5.74) is 2.54. The molecule has 0 aromatic heterocycles. The van der Waals surface area contributed by atoms with Crippen LogP contribution in [0, 0.1) is 0 Å². The maximum Gasteiger partial charge on any atom is 0.0804 e. The number of benzene rings is 1. The van der Waals surface area contributed by atoms with E-state index in [0.717, 1.165) is 18.5 Å². The van der Waals surface area contributed by atoms with Gasteiger partial charge in [-0.3, -0.25) is 0 Å². The van der Waals surface area contributed by atoms with Crippen LogP contribution < -0.4 is 5.32 Å². The van der Waals surface area contributed by atoms with Crippen molar-refractivity contribution in [3.05, 3.63) is 35.4 Å². The van der Waals surface area contributed by atoms with Gasteiger partial charge in [0.1, 0.15) is 0 Å². The predicted molar refractivity (Wildman–Crippen MR) is 80.4 cm³/mol. The van der Waals surface area contributed by atoms with Crippen molar-refractivity contribution in [2.75, 3.05) is 6.54 Å². The third kappa shape index (κ3) is 4.05. The number of rotatable bonds is 3. The summed E-state index contributed by atoms with van der Waals surface area (Å²) in [6, 6.07) is 8.92. The fraction of sp³-hybridized carbons (Fsp3) is 0.647. The van der Waals surface area contributed by atoms with Crippen LogP contribution in [0.4, 0.5) is 0 Å². The Kier molecular flexibility index (Phi) is 4.64. The number of aliphatic hydroxyl groups is 1. The summed E-state index contributed by atoms with van der Waals surface area (Å²) in [6.07, 6.45) is 4.23. The molecule has 0 radical (unpaired) electrons. The van der Waals surface area contributed by atoms with E-state index in [2.05, 4.69) is 50.4 Å². The average molecular weight is 261 g/mol. The van der Waals surface area contributed by atoms with Gasteiger partial charge in [0.2, 0.25) is 0 Å². The van der Waals surface area contributed by atoms with E-state index in [4.69, 9.17) is 0 Å². The fourth-order valence-electron chi connectivity index (χ4n) is 2.74. The first kappa shape index (κ1) is 14.5. The van der Waals surface area contributed by atoms with Gasteiger partial charge in [0.15, 0.2) is 0 Å². The number of hydrogen-bond donors (Lipinski definition) is 2. The van der Waals surface area contributed by atoms with Crippen LogP contribution in [0.15, 0.2) is 24.3 Å². The second-order valence-electron chi connectivity index (χ2n) is 6.77. The monoisotopic (exact) mass is 261 g/mol. The van der Waals surface area contributed by atoms with Gasteiger partial charge in [-0.2, -0.15) is 0 Å². The quantitative estimate of drug-likeness (QED) is 0.872. The third-order valence-electron chi connectivity index (χ3n) is 4.08. The molecule has 0 amide bonds. The van der Waals surface area contributed by atoms with Crippen LogP contribution in [-0.4, -0.2) is 17.7 Å². The van der Waals surface area contributed by atoms with Crippen molar-refractivity contribution in [2.24, 2.45) is 0 Å². The Hall–Kier alpha value is -0.860. The van der Waals surface area contributed by atoms with Gasteiger partial charge in [0.05, 0.1) is 6.10 Å². The molecule has 1 aromatic rings. The summed E-state index contributed by atoms with van der Waals surface area (Å²) >= 11 is 0. The highest BCUT2D eigenvalue weighted by atomic mass is 16.3. The maximum atomic E-state index is 10.3. The molecule has 0 bridgehead atoms. The minimum Gasteiger partial charge on any atom is -0.388 e. The zero-order valence-electron chi connectivity index (χ0n) is 12.4. The van der Waals surface area contributed by atoms with Gasteiger partial charge in [-0.1, -0.05) is 51.5 Å². The van der Waals surface area contributed by atoms with E-state index >= 15 is 0 Å². The van der Waals surface area contributed by atoms with Crippen LogP contribution in [-0.2, 0) is 5.41 Å². The first-order valence-electron chi connectivity index (χ1n) is 7.49. The number of nitrogens with one attached hydrogen (secondary N) is 1. The minimum absolute atomic E-state index is 0.175. The zero-order valence-corrected chi connectivity index (χ0v) is 12.4. The van der Waals surface area contributed by atoms with E-state index in [9.17, 15) is 5.11 Å². The predicted octanol–water partition coefficient (Wildman–Crippen LogP) is 3.55. The van der Waals surface area contributed by atoms with E-state index in [1.165, 1.54) is 24.8 Å². The minimum atomic E-state index is -0.343. The van der Waals surface area contributed by atoms with E-state index in [-0.39, 0.29) is 11.5 Å². The maximum absolute atomic E-state index is 10.3. The number of piperidine rings is 1. The Balaban J connectivity index is 1.97. The molecule has 1 aromatic carbocycles. The molecule has 1 saturated heterocycles. The number of aliphatic hydroxyl groups excluding tert-OH is 1. The van der Waals surface area contributed by atoms with Crippen LogP contribution >= 0.6 is 0 Å². The Morgan fingerprint density at radius 1 is 1.21 bits per heavy atom. The lowest BCUT2D eigenvalue weighted by Crippen LogP contribution is -2.35. The summed E-state index contributed by atoms with van der Waals surface area (Å²) in [5, 5.41) is 13.8. The normalized spacial score (nSPS) is 22.2. The van der Waals surface area contributed by atoms with Gasteiger partial charge in [0.25, 0.3) is 0 Å². The van der Waals surface area contributed by atoms with E-state index in [1.54, 1.807) is 0 Å². The molecule has 1 heterocycles. The zero-order chi connectivity index (χ0) is 13.9. The molecule has 19 heavy (non-hydrogen) atoms. The molecule has 2 N–H and O–H groups in total. The van der Waals surface area contributed by atoms with Gasteiger partial charge in [-0.15, -0.1) is 0 Å². The molecule has 0 spiro atoms. The lowest BCUT2D eigenvalue weighted by atomic mass is 9.86. The highest BCUT2D eigenvalue weighted by Gasteiger charge is 2.19. The summed E-state index contributed by atoms with van der Waals surface area (Å²) in [6.45, 7) is 7.74. The fourth-order valence-corrected chi connectivity index (χ4v) is 2.74. The van der Waals surface area contributed by atoms with Crippen molar-refractivity contribution in [2.45, 2.75) is 64.0 Å². The summed E-state index contributed by atoms with van der Waals surface area (Å²) in [5.74, 6) is 0. The van der Waals surface area contributed by atoms with Gasteiger partial charge >= 0.3 is 0 Å². The van der Waals surface area contributed by atoms with Crippen LogP contribution in [0.1, 0.15) is 63.7 Å². The molecular formula is C17H27NO. The van der Waals surface area contributed by atoms with Gasteiger partial charge in [-0.05, 0) is 42.3 Å². The molecule has 1 aliphatic heterocycles. The molecule has 2 nitrogen and oxygen atoms in total. The van der Waals surface area contributed by atoms with Crippen LogP contribution in [0.5, 0.6) is 0 Å². The Bertz CT molecular complexity index is 385. The highest BCUT2D eigenvalue weighted by Crippen LogP contribution is 2.26. The molecule has 2 atom stereocenters. The third-order valence-corrected chi connectivity index (χ3v) is 4.08. The molecule has 1 fully saturated rings. The van der Waals surface area contributed by atoms with Crippen molar-refractivity contribution in [1.82, 2.24) is 5.32 Å². The molecule has 1 aliphatic rings. The van der Waals surface area contributed by atoms with Crippen molar-refractivity contribution in [3.8, 4) is 0 Å². The summed E-state index contributed by atoms with van der Waals surface area (Å²) < 4.78 is 0. The molecule has 0 saturated carbocycles. The Labute approximate surface area is 117 Å². The van der Waals surface area contributed by atoms with E-state index < -0.39 is 0 Å². The first-order chi connectivity index (χ1) is 8.97. The van der Waals surface area contributed by atoms with Crippen LogP contribution in [0.2, 0.25) is 0 Å². The van der Waals surface area contributed by atoms with E-state index in [1.807, 2.05) is 0 Å². The second kappa shape index (κ2) is 6.06. The van der Waals surface area contributed by atoms with Gasteiger partial charge in [-0.25, -0.2) is 0 Å². The van der Waals surface area contributed by atoms with Crippen molar-refractivity contribution < 1.29 is 5.11 Å². The van der Waals surface area contributed by atoms with Crippen LogP contribution in [0.25, 0.3) is 0 Å². The first-order valence-corrected chi connectivity index (χ1v) is 7.49. The second-order valence-corrected chi connectivity index (χ2v) is 6.77. The standard InChI is InChI=1S/C17H27NO/c1-17(2,3)14-9-7-13(8-10-14)16(19)12-15-6-4-5-11-18-15/h7-10,15-16,18-19H,4-6,11-12H2,1-3H3. The van der Waals surface area contributed by atoms with Gasteiger partial charge < -0.3 is 10.4 Å². The van der Waals surface area contributed by atoms with Crippen molar-refractivity contribution >= 4 is 0 Å². The molecular weight excluding hydrogens is 234 g/mol. The van der Waals surface area contributed by atoms with Crippen molar-refractivity contribution in [1.29, 1.82) is 0 Å². The van der Waals surface area contributed by atoms with E-state index in [0.29, 0.717) is 6.04 Å². The smallest absolute Gasteiger partial charge is 0.0804 e. The molecule has 2 heteroatoms. The largest absolute Gasteiger partial charge is 0.388 e. The Morgan fingerprint density at radius 2 is 1.89 bits per heavy atom. The molecule has 0 aliphatic carbocycles. The summed E-state index contributed by atoms with van der Waals surface area (Å²) in [7, 11) is 0. The molecule has 2 unspecified atom stereocenters. The summed E-state index contributed by atoms with van der Waals surface area (Å²) in [4.78, 5) is 0. The SMILES string of the molecule is CC(C)(C)c1ccc(C(O)CC2CCCCN2)cc1. The lowest BCUT2D eigenvalue weighted by molar-refractivity contribution is 0.144. The number of hydrogen-bond acceptors (Lipinski definition) is 2. The lowest BCUT2D eigenvalue weighted by Gasteiger charge is -2.26.